The minimum absolute atomic E-state index is 0. The molecule has 7 nitrogen and oxygen atoms in total. The molecule has 1 saturated heterocycles. The Morgan fingerprint density at radius 1 is 1.50 bits per heavy atom. The molecule has 1 aliphatic rings. The van der Waals surface area contributed by atoms with Crippen molar-refractivity contribution in [3.05, 3.63) is 28.4 Å². The van der Waals surface area contributed by atoms with Crippen molar-refractivity contribution in [1.29, 1.82) is 0 Å². The lowest BCUT2D eigenvalue weighted by Gasteiger charge is -2.09. The molecule has 1 aromatic rings. The minimum atomic E-state index is -3.73. The summed E-state index contributed by atoms with van der Waals surface area (Å²) in [6, 6.07) is 2.51. The predicted molar refractivity (Wildman–Crippen MR) is 66.6 cm³/mol. The highest BCUT2D eigenvalue weighted by atomic mass is 35.5. The molecule has 0 spiro atoms. The van der Waals surface area contributed by atoms with Crippen molar-refractivity contribution in [3.8, 4) is 0 Å². The van der Waals surface area contributed by atoms with E-state index in [0.29, 0.717) is 19.5 Å². The summed E-state index contributed by atoms with van der Waals surface area (Å²) in [4.78, 5) is 13.7. The molecule has 0 amide bonds. The van der Waals surface area contributed by atoms with Gasteiger partial charge in [0.05, 0.1) is 10.2 Å². The van der Waals surface area contributed by atoms with Crippen LogP contribution in [-0.4, -0.2) is 36.7 Å². The van der Waals surface area contributed by atoms with E-state index in [-0.39, 0.29) is 12.4 Å². The van der Waals surface area contributed by atoms with Crippen LogP contribution in [0.5, 0.6) is 0 Å². The Hall–Kier alpha value is -1.25. The number of pyridine rings is 1. The fourth-order valence-electron chi connectivity index (χ4n) is 1.79. The van der Waals surface area contributed by atoms with Crippen molar-refractivity contribution in [2.45, 2.75) is 16.7 Å². The zero-order valence-electron chi connectivity index (χ0n) is 9.27. The monoisotopic (exact) mass is 293 g/mol. The maximum absolute atomic E-state index is 12.2. The third-order valence-electron chi connectivity index (χ3n) is 2.67. The second-order valence-electron chi connectivity index (χ2n) is 3.74. The van der Waals surface area contributed by atoms with Gasteiger partial charge in [0.2, 0.25) is 14.9 Å². The molecule has 0 unspecified atom stereocenters. The average molecular weight is 294 g/mol. The van der Waals surface area contributed by atoms with Crippen molar-refractivity contribution in [1.82, 2.24) is 10.3 Å². The zero-order chi connectivity index (χ0) is 12.5. The lowest BCUT2D eigenvalue weighted by molar-refractivity contribution is -0.388. The Morgan fingerprint density at radius 2 is 2.22 bits per heavy atom. The Bertz CT molecular complexity index is 542. The van der Waals surface area contributed by atoms with Crippen molar-refractivity contribution in [2.24, 2.45) is 0 Å². The summed E-state index contributed by atoms with van der Waals surface area (Å²) in [6.45, 7) is 0.917. The van der Waals surface area contributed by atoms with Crippen LogP contribution in [0.25, 0.3) is 0 Å². The summed E-state index contributed by atoms with van der Waals surface area (Å²) < 4.78 is 24.3. The van der Waals surface area contributed by atoms with Gasteiger partial charge in [-0.15, -0.1) is 12.4 Å². The van der Waals surface area contributed by atoms with E-state index in [9.17, 15) is 18.5 Å². The van der Waals surface area contributed by atoms with E-state index in [1.807, 2.05) is 0 Å². The molecule has 0 aromatic carbocycles. The number of aromatic nitrogens is 1. The highest BCUT2D eigenvalue weighted by molar-refractivity contribution is 7.92. The largest absolute Gasteiger partial charge is 0.315 e. The van der Waals surface area contributed by atoms with Gasteiger partial charge in [0.15, 0.2) is 0 Å². The molecular weight excluding hydrogens is 282 g/mol. The van der Waals surface area contributed by atoms with Crippen LogP contribution in [-0.2, 0) is 9.84 Å². The molecule has 0 bridgehead atoms. The quantitative estimate of drug-likeness (QED) is 0.645. The number of hydrogen-bond donors (Lipinski definition) is 1. The third-order valence-corrected chi connectivity index (χ3v) is 4.80. The van der Waals surface area contributed by atoms with Gasteiger partial charge < -0.3 is 5.32 Å². The first-order valence-electron chi connectivity index (χ1n) is 5.07. The third kappa shape index (κ3) is 2.60. The van der Waals surface area contributed by atoms with Crippen LogP contribution in [0.3, 0.4) is 0 Å². The molecule has 2 heterocycles. The number of hydrogen-bond acceptors (Lipinski definition) is 6. The van der Waals surface area contributed by atoms with E-state index in [4.69, 9.17) is 0 Å². The molecule has 0 aliphatic carbocycles. The fourth-order valence-corrected chi connectivity index (χ4v) is 3.51. The first-order chi connectivity index (χ1) is 8.03. The molecule has 1 aliphatic heterocycles. The molecule has 1 aromatic heterocycles. The van der Waals surface area contributed by atoms with Crippen LogP contribution in [0, 0.1) is 10.1 Å². The summed E-state index contributed by atoms with van der Waals surface area (Å²) >= 11 is 0. The van der Waals surface area contributed by atoms with Crippen LogP contribution in [0.2, 0.25) is 0 Å². The number of nitrogens with one attached hydrogen (secondary N) is 1. The van der Waals surface area contributed by atoms with Gasteiger partial charge in [-0.3, -0.25) is 10.1 Å². The van der Waals surface area contributed by atoms with Gasteiger partial charge in [-0.1, -0.05) is 0 Å². The Balaban J connectivity index is 0.00000162. The van der Waals surface area contributed by atoms with Crippen LogP contribution in [0.1, 0.15) is 6.42 Å². The van der Waals surface area contributed by atoms with Gasteiger partial charge >= 0.3 is 5.69 Å². The molecule has 0 radical (unpaired) electrons. The second kappa shape index (κ2) is 5.59. The standard InChI is InChI=1S/C9H11N3O4S.ClH/c13-12(14)8-2-1-4-11-9(8)17(15,16)7-3-5-10-6-7;/h1-2,4,7,10H,3,5-6H2;1H/t7-;/m0./s1. The second-order valence-corrected chi connectivity index (χ2v) is 5.89. The molecule has 100 valence electrons. The van der Waals surface area contributed by atoms with E-state index in [1.54, 1.807) is 0 Å². The van der Waals surface area contributed by atoms with Crippen LogP contribution in [0.15, 0.2) is 23.4 Å². The van der Waals surface area contributed by atoms with Gasteiger partial charge in [0, 0.05) is 18.8 Å². The molecule has 1 fully saturated rings. The number of halogens is 1. The van der Waals surface area contributed by atoms with Gasteiger partial charge in [-0.05, 0) is 19.0 Å². The van der Waals surface area contributed by atoms with Crippen molar-refractivity contribution in [2.75, 3.05) is 13.1 Å². The average Bonchev–Trinajstić information content (AvgIpc) is 2.83. The number of nitro groups is 1. The van der Waals surface area contributed by atoms with Crippen molar-refractivity contribution < 1.29 is 13.3 Å². The van der Waals surface area contributed by atoms with Crippen molar-refractivity contribution >= 4 is 27.9 Å². The fraction of sp³-hybridized carbons (Fsp3) is 0.444. The first kappa shape index (κ1) is 14.8. The minimum Gasteiger partial charge on any atom is -0.315 e. The molecule has 18 heavy (non-hydrogen) atoms. The van der Waals surface area contributed by atoms with E-state index in [2.05, 4.69) is 10.3 Å². The number of nitrogens with zero attached hydrogens (tertiary/aromatic N) is 2. The van der Waals surface area contributed by atoms with Crippen molar-refractivity contribution in [3.63, 3.8) is 0 Å². The highest BCUT2D eigenvalue weighted by Crippen LogP contribution is 2.26. The lowest BCUT2D eigenvalue weighted by Crippen LogP contribution is -2.25. The molecule has 9 heteroatoms. The smallest absolute Gasteiger partial charge is 0.306 e. The van der Waals surface area contributed by atoms with Gasteiger partial charge in [0.1, 0.15) is 0 Å². The van der Waals surface area contributed by atoms with Crippen LogP contribution >= 0.6 is 12.4 Å². The molecule has 2 rings (SSSR count). The van der Waals surface area contributed by atoms with Crippen LogP contribution in [0.4, 0.5) is 5.69 Å². The predicted octanol–water partition coefficient (Wildman–Crippen LogP) is 0.547. The summed E-state index contributed by atoms with van der Waals surface area (Å²) in [5.41, 5.74) is -0.459. The van der Waals surface area contributed by atoms with E-state index in [0.717, 1.165) is 6.07 Å². The molecule has 1 atom stereocenters. The van der Waals surface area contributed by atoms with E-state index >= 15 is 0 Å². The first-order valence-corrected chi connectivity index (χ1v) is 6.62. The molecule has 0 saturated carbocycles. The van der Waals surface area contributed by atoms with E-state index in [1.165, 1.54) is 12.3 Å². The lowest BCUT2D eigenvalue weighted by atomic mass is 10.4. The topological polar surface area (TPSA) is 102 Å². The molecule has 1 N–H and O–H groups in total. The summed E-state index contributed by atoms with van der Waals surface area (Å²) in [5, 5.41) is 12.6. The van der Waals surface area contributed by atoms with Crippen LogP contribution < -0.4 is 5.32 Å². The normalized spacial score (nSPS) is 19.2. The summed E-state index contributed by atoms with van der Waals surface area (Å²) in [7, 11) is -3.73. The Morgan fingerprint density at radius 3 is 2.78 bits per heavy atom. The number of rotatable bonds is 3. The van der Waals surface area contributed by atoms with E-state index < -0.39 is 30.7 Å². The summed E-state index contributed by atoms with van der Waals surface area (Å²) in [5.74, 6) is 0. The SMILES string of the molecule is Cl.O=[N+]([O-])c1cccnc1S(=O)(=O)[C@H]1CCNC1. The summed E-state index contributed by atoms with van der Waals surface area (Å²) in [6.07, 6.45) is 1.71. The zero-order valence-corrected chi connectivity index (χ0v) is 10.9. The number of sulfone groups is 1. The maximum Gasteiger partial charge on any atom is 0.306 e. The highest BCUT2D eigenvalue weighted by Gasteiger charge is 2.36. The molecular formula is C9H12ClN3O4S. The van der Waals surface area contributed by atoms with Gasteiger partial charge in [-0.2, -0.15) is 0 Å². The van der Waals surface area contributed by atoms with Gasteiger partial charge in [-0.25, -0.2) is 13.4 Å². The maximum atomic E-state index is 12.2. The van der Waals surface area contributed by atoms with Gasteiger partial charge in [0.25, 0.3) is 0 Å². The Kier molecular flexibility index (Phi) is 4.60. The Labute approximate surface area is 110 Å².